The zero-order valence-electron chi connectivity index (χ0n) is 31.3. The molecule has 0 N–H and O–H groups in total. The molecule has 0 bridgehead atoms. The molecular formula is C43H63O2P. The van der Waals surface area contributed by atoms with Crippen molar-refractivity contribution in [1.29, 1.82) is 0 Å². The number of benzene rings is 3. The van der Waals surface area contributed by atoms with Crippen molar-refractivity contribution < 1.29 is 9.05 Å². The van der Waals surface area contributed by atoms with Gasteiger partial charge < -0.3 is 9.05 Å². The lowest BCUT2D eigenvalue weighted by Gasteiger charge is -2.36. The van der Waals surface area contributed by atoms with Crippen LogP contribution >= 0.6 is 8.38 Å². The van der Waals surface area contributed by atoms with Gasteiger partial charge in [0.2, 0.25) is 0 Å². The third-order valence-corrected chi connectivity index (χ3v) is 11.4. The van der Waals surface area contributed by atoms with E-state index in [-0.39, 0.29) is 21.7 Å². The summed E-state index contributed by atoms with van der Waals surface area (Å²) in [6.45, 7) is 28.3. The Bertz CT molecular complexity index is 1360. The van der Waals surface area contributed by atoms with Crippen LogP contribution in [0, 0.1) is 0 Å². The van der Waals surface area contributed by atoms with Crippen LogP contribution in [0.15, 0.2) is 54.6 Å². The van der Waals surface area contributed by atoms with Gasteiger partial charge in [-0.25, -0.2) is 0 Å². The third-order valence-electron chi connectivity index (χ3n) is 10.0. The van der Waals surface area contributed by atoms with E-state index in [0.29, 0.717) is 0 Å². The minimum absolute atomic E-state index is 0.0791. The zero-order chi connectivity index (χ0) is 33.9. The maximum absolute atomic E-state index is 7.18. The highest BCUT2D eigenvalue weighted by Gasteiger charge is 2.35. The van der Waals surface area contributed by atoms with Gasteiger partial charge in [0.15, 0.2) is 0 Å². The topological polar surface area (TPSA) is 18.5 Å². The van der Waals surface area contributed by atoms with Gasteiger partial charge in [-0.15, -0.1) is 0 Å². The van der Waals surface area contributed by atoms with E-state index in [0.717, 1.165) is 23.2 Å². The van der Waals surface area contributed by atoms with Crippen LogP contribution in [0.25, 0.3) is 0 Å². The molecule has 3 aromatic carbocycles. The summed E-state index contributed by atoms with van der Waals surface area (Å²) in [7, 11) is -1.41. The summed E-state index contributed by atoms with van der Waals surface area (Å²) in [5.41, 5.74) is 7.99. The lowest BCUT2D eigenvalue weighted by molar-refractivity contribution is 0.435. The summed E-state index contributed by atoms with van der Waals surface area (Å²) in [6, 6.07) is 20.5. The molecule has 0 aromatic heterocycles. The van der Waals surface area contributed by atoms with Gasteiger partial charge >= 0.3 is 8.38 Å². The molecule has 2 nitrogen and oxygen atoms in total. The van der Waals surface area contributed by atoms with Gasteiger partial charge in [-0.2, -0.15) is 0 Å². The van der Waals surface area contributed by atoms with Crippen molar-refractivity contribution in [2.75, 3.05) is 0 Å². The summed E-state index contributed by atoms with van der Waals surface area (Å²) in [5.74, 6) is 2.04. The molecule has 0 unspecified atom stereocenters. The molecule has 1 aliphatic rings. The highest BCUT2D eigenvalue weighted by atomic mass is 31.2. The van der Waals surface area contributed by atoms with Gasteiger partial charge in [0.25, 0.3) is 0 Å². The Hall–Kier alpha value is -2.31. The maximum Gasteiger partial charge on any atom is 0.326 e. The fourth-order valence-electron chi connectivity index (χ4n) is 6.72. The van der Waals surface area contributed by atoms with Crippen molar-refractivity contribution in [3.8, 4) is 11.5 Å². The molecule has 3 aromatic rings. The predicted octanol–water partition coefficient (Wildman–Crippen LogP) is 13.0. The van der Waals surface area contributed by atoms with Crippen molar-refractivity contribution in [1.82, 2.24) is 0 Å². The van der Waals surface area contributed by atoms with Gasteiger partial charge in [-0.1, -0.05) is 164 Å². The average molecular weight is 643 g/mol. The van der Waals surface area contributed by atoms with Gasteiger partial charge in [0.1, 0.15) is 11.5 Å². The van der Waals surface area contributed by atoms with Crippen LogP contribution < -0.4 is 14.4 Å². The Morgan fingerprint density at radius 3 is 1.35 bits per heavy atom. The van der Waals surface area contributed by atoms with Crippen molar-refractivity contribution in [3.63, 3.8) is 0 Å². The van der Waals surface area contributed by atoms with Crippen LogP contribution in [-0.4, -0.2) is 0 Å². The smallest absolute Gasteiger partial charge is 0.326 e. The first-order valence-electron chi connectivity index (χ1n) is 18.0. The van der Waals surface area contributed by atoms with Crippen LogP contribution in [0.1, 0.15) is 168 Å². The molecule has 0 saturated heterocycles. The van der Waals surface area contributed by atoms with E-state index in [9.17, 15) is 0 Å². The van der Waals surface area contributed by atoms with Gasteiger partial charge in [-0.05, 0) is 68.9 Å². The molecule has 0 fully saturated rings. The minimum Gasteiger partial charge on any atom is -0.435 e. The Morgan fingerprint density at radius 2 is 0.978 bits per heavy atom. The van der Waals surface area contributed by atoms with E-state index >= 15 is 0 Å². The first-order valence-corrected chi connectivity index (χ1v) is 19.2. The van der Waals surface area contributed by atoms with E-state index in [1.54, 1.807) is 0 Å². The van der Waals surface area contributed by atoms with Crippen molar-refractivity contribution in [2.45, 2.75) is 163 Å². The largest absolute Gasteiger partial charge is 0.435 e. The Balaban J connectivity index is 2.01. The Labute approximate surface area is 284 Å². The molecule has 46 heavy (non-hydrogen) atoms. The Morgan fingerprint density at radius 1 is 0.565 bits per heavy atom. The lowest BCUT2D eigenvalue weighted by atomic mass is 9.74. The van der Waals surface area contributed by atoms with E-state index < -0.39 is 8.38 Å². The second kappa shape index (κ2) is 14.4. The standard InChI is InChI=1S/C43H63O2P/c1-13-15-20-24-42(9,10)33-27-31-26-32-28-34(43(11,12)25-21-16-14-2)30-37(41(6,7)8)39(32)45-46(35-22-18-17-19-23-35)44-38(31)36(29-33)40(3,4)5/h17-19,22-23,27-30H,13-16,20-21,24-26H2,1-12H3. The van der Waals surface area contributed by atoms with Crippen LogP contribution in [0.3, 0.4) is 0 Å². The molecule has 1 aliphatic heterocycles. The first-order chi connectivity index (χ1) is 21.5. The van der Waals surface area contributed by atoms with Crippen molar-refractivity contribution >= 4 is 13.7 Å². The number of unbranched alkanes of at least 4 members (excludes halogenated alkanes) is 4. The van der Waals surface area contributed by atoms with Crippen LogP contribution in [0.2, 0.25) is 0 Å². The number of fused-ring (bicyclic) bond motifs is 2. The van der Waals surface area contributed by atoms with Crippen molar-refractivity contribution in [3.05, 3.63) is 88.0 Å². The van der Waals surface area contributed by atoms with Gasteiger partial charge in [0.05, 0.1) is 5.30 Å². The highest BCUT2D eigenvalue weighted by Crippen LogP contribution is 2.52. The average Bonchev–Trinajstić information content (AvgIpc) is 2.96. The van der Waals surface area contributed by atoms with Crippen molar-refractivity contribution in [2.24, 2.45) is 0 Å². The molecule has 4 rings (SSSR count). The molecule has 0 spiro atoms. The van der Waals surface area contributed by atoms with Gasteiger partial charge in [0, 0.05) is 17.5 Å². The van der Waals surface area contributed by atoms with E-state index in [2.05, 4.69) is 138 Å². The molecule has 3 heteroatoms. The van der Waals surface area contributed by atoms with E-state index in [4.69, 9.17) is 9.05 Å². The highest BCUT2D eigenvalue weighted by molar-refractivity contribution is 7.56. The summed E-state index contributed by atoms with van der Waals surface area (Å²) < 4.78 is 14.4. The fourth-order valence-corrected chi connectivity index (χ4v) is 8.15. The molecule has 0 radical (unpaired) electrons. The predicted molar refractivity (Wildman–Crippen MR) is 202 cm³/mol. The molecule has 0 saturated carbocycles. The Kier molecular flexibility index (Phi) is 11.5. The molecule has 252 valence electrons. The van der Waals surface area contributed by atoms with Crippen LogP contribution in [0.5, 0.6) is 11.5 Å². The summed E-state index contributed by atoms with van der Waals surface area (Å²) in [5, 5.41) is 1.10. The molecule has 0 atom stereocenters. The van der Waals surface area contributed by atoms with E-state index in [1.165, 1.54) is 84.7 Å². The molecule has 0 aliphatic carbocycles. The molecular weight excluding hydrogens is 579 g/mol. The summed E-state index contributed by atoms with van der Waals surface area (Å²) in [6.07, 6.45) is 10.7. The molecule has 1 heterocycles. The number of hydrogen-bond acceptors (Lipinski definition) is 2. The second-order valence-corrected chi connectivity index (χ2v) is 18.6. The summed E-state index contributed by atoms with van der Waals surface area (Å²) >= 11 is 0. The SMILES string of the molecule is CCCCCC(C)(C)c1cc2c(c(C(C)(C)C)c1)OP(c1ccccc1)Oc1c(cc(C(C)(C)CCCCC)cc1C(C)(C)C)C2. The lowest BCUT2D eigenvalue weighted by Crippen LogP contribution is -2.24. The third kappa shape index (κ3) is 8.58. The van der Waals surface area contributed by atoms with Crippen LogP contribution in [-0.2, 0) is 28.1 Å². The number of hydrogen-bond donors (Lipinski definition) is 0. The zero-order valence-corrected chi connectivity index (χ0v) is 32.2. The monoisotopic (exact) mass is 642 g/mol. The minimum atomic E-state index is -1.41. The van der Waals surface area contributed by atoms with Gasteiger partial charge in [-0.3, -0.25) is 0 Å². The quantitative estimate of drug-likeness (QED) is 0.153. The number of rotatable bonds is 11. The second-order valence-electron chi connectivity index (χ2n) is 17.2. The summed E-state index contributed by atoms with van der Waals surface area (Å²) in [4.78, 5) is 0. The van der Waals surface area contributed by atoms with E-state index in [1.807, 2.05) is 0 Å². The molecule has 0 amide bonds. The maximum atomic E-state index is 7.18. The van der Waals surface area contributed by atoms with Crippen LogP contribution in [0.4, 0.5) is 0 Å². The fraction of sp³-hybridized carbons (Fsp3) is 0.581. The normalized spacial score (nSPS) is 14.5. The first kappa shape index (κ1) is 36.5.